The molecule has 2 fully saturated rings. The van der Waals surface area contributed by atoms with Gasteiger partial charge in [-0.05, 0) is 64.7 Å². The summed E-state index contributed by atoms with van der Waals surface area (Å²) in [5.41, 5.74) is 0.227. The number of nitrogens with one attached hydrogen (secondary N) is 1. The molecule has 2 aromatic rings. The summed E-state index contributed by atoms with van der Waals surface area (Å²) in [6.07, 6.45) is 2.30. The average molecular weight is 634 g/mol. The van der Waals surface area contributed by atoms with Gasteiger partial charge in [-0.25, -0.2) is 22.9 Å². The number of likely N-dealkylation sites (tertiary alicyclic amines) is 2. The number of aromatic nitrogens is 1. The first-order chi connectivity index (χ1) is 20.7. The molecular formula is C31H38F3N5O4S. The van der Waals surface area contributed by atoms with Gasteiger partial charge < -0.3 is 15.2 Å². The van der Waals surface area contributed by atoms with Crippen LogP contribution in [0.25, 0.3) is 0 Å². The molecule has 3 aliphatic rings. The van der Waals surface area contributed by atoms with E-state index >= 15 is 8.78 Å². The summed E-state index contributed by atoms with van der Waals surface area (Å²) in [6, 6.07) is 1.78. The van der Waals surface area contributed by atoms with E-state index in [1.807, 2.05) is 6.92 Å². The summed E-state index contributed by atoms with van der Waals surface area (Å²) >= 11 is 1.32. The summed E-state index contributed by atoms with van der Waals surface area (Å²) in [5, 5.41) is 15.1. The number of aliphatic carboxylic acids is 1. The van der Waals surface area contributed by atoms with Crippen LogP contribution in [0.1, 0.15) is 62.7 Å². The topological polar surface area (TPSA) is 107 Å². The van der Waals surface area contributed by atoms with Crippen molar-refractivity contribution >= 4 is 29.1 Å². The highest BCUT2D eigenvalue weighted by molar-refractivity contribution is 7.11. The summed E-state index contributed by atoms with van der Waals surface area (Å²) < 4.78 is 51.8. The number of amidine groups is 1. The molecule has 0 aliphatic carbocycles. The maximum absolute atomic E-state index is 15.8. The Morgan fingerprint density at radius 3 is 2.70 bits per heavy atom. The summed E-state index contributed by atoms with van der Waals surface area (Å²) in [5.74, 6) is -4.80. The summed E-state index contributed by atoms with van der Waals surface area (Å²) in [7, 11) is 0. The Bertz CT molecular complexity index is 1480. The van der Waals surface area contributed by atoms with Crippen LogP contribution in [-0.2, 0) is 14.3 Å². The molecule has 9 nitrogen and oxygen atoms in total. The molecule has 238 valence electrons. The van der Waals surface area contributed by atoms with Crippen molar-refractivity contribution in [3.05, 3.63) is 63.0 Å². The lowest BCUT2D eigenvalue weighted by Gasteiger charge is -2.33. The summed E-state index contributed by atoms with van der Waals surface area (Å²) in [4.78, 5) is 37.8. The van der Waals surface area contributed by atoms with Gasteiger partial charge in [-0.1, -0.05) is 12.1 Å². The largest absolute Gasteiger partial charge is 0.481 e. The second-order valence-corrected chi connectivity index (χ2v) is 13.2. The second kappa shape index (κ2) is 12.2. The number of hydrogen-bond donors (Lipinski definition) is 2. The van der Waals surface area contributed by atoms with Crippen LogP contribution in [-0.4, -0.2) is 88.0 Å². The first-order valence-electron chi connectivity index (χ1n) is 14.8. The molecular weight excluding hydrogens is 595 g/mol. The molecule has 0 amide bonds. The molecule has 4 atom stereocenters. The molecule has 4 heterocycles. The number of carbonyl (C=O) groups excluding carboxylic acids is 1. The van der Waals surface area contributed by atoms with Crippen molar-refractivity contribution in [1.29, 1.82) is 0 Å². The van der Waals surface area contributed by atoms with Crippen molar-refractivity contribution in [2.24, 2.45) is 10.4 Å². The lowest BCUT2D eigenvalue weighted by atomic mass is 9.89. The molecule has 0 radical (unpaired) electrons. The fraction of sp³-hybridized carbons (Fsp3) is 0.548. The number of aliphatic imine (C=N–C) groups is 1. The summed E-state index contributed by atoms with van der Waals surface area (Å²) in [6.45, 7) is 8.11. The predicted octanol–water partition coefficient (Wildman–Crippen LogP) is 4.78. The van der Waals surface area contributed by atoms with E-state index < -0.39 is 53.8 Å². The molecule has 1 aromatic heterocycles. The number of halogens is 3. The van der Waals surface area contributed by atoms with Crippen molar-refractivity contribution < 1.29 is 32.6 Å². The Kier molecular flexibility index (Phi) is 8.94. The number of ether oxygens (including phenoxy) is 1. The minimum absolute atomic E-state index is 0.0264. The molecule has 3 unspecified atom stereocenters. The minimum Gasteiger partial charge on any atom is -0.481 e. The highest BCUT2D eigenvalue weighted by atomic mass is 32.1. The van der Waals surface area contributed by atoms with Crippen molar-refractivity contribution in [2.45, 2.75) is 77.6 Å². The van der Waals surface area contributed by atoms with Crippen LogP contribution in [0.3, 0.4) is 0 Å². The van der Waals surface area contributed by atoms with E-state index in [1.54, 1.807) is 61.2 Å². The monoisotopic (exact) mass is 633 g/mol. The van der Waals surface area contributed by atoms with Crippen molar-refractivity contribution in [3.63, 3.8) is 0 Å². The number of benzene rings is 1. The van der Waals surface area contributed by atoms with Gasteiger partial charge in [0.1, 0.15) is 11.9 Å². The number of hydrogen-bond acceptors (Lipinski definition) is 9. The van der Waals surface area contributed by atoms with Gasteiger partial charge in [0.15, 0.2) is 10.8 Å². The van der Waals surface area contributed by atoms with Crippen LogP contribution in [0, 0.1) is 18.2 Å². The van der Waals surface area contributed by atoms with E-state index in [1.165, 1.54) is 17.4 Å². The van der Waals surface area contributed by atoms with Gasteiger partial charge in [-0.2, -0.15) is 0 Å². The molecule has 1 aromatic carbocycles. The van der Waals surface area contributed by atoms with Crippen LogP contribution in [0.15, 0.2) is 46.0 Å². The normalized spacial score (nSPS) is 25.5. The fourth-order valence-electron chi connectivity index (χ4n) is 6.48. The Hall–Kier alpha value is -3.29. The Balaban J connectivity index is 1.53. The van der Waals surface area contributed by atoms with Gasteiger partial charge in [0.25, 0.3) is 5.92 Å². The quantitative estimate of drug-likeness (QED) is 0.360. The number of carboxylic acid groups (broad SMARTS) is 1. The fourth-order valence-corrected chi connectivity index (χ4v) is 7.07. The van der Waals surface area contributed by atoms with E-state index in [-0.39, 0.29) is 37.7 Å². The molecule has 0 spiro atoms. The molecule has 3 aliphatic heterocycles. The lowest BCUT2D eigenvalue weighted by Crippen LogP contribution is -2.48. The van der Waals surface area contributed by atoms with Crippen LogP contribution in [0.5, 0.6) is 0 Å². The highest BCUT2D eigenvalue weighted by Crippen LogP contribution is 2.45. The third-order valence-electron chi connectivity index (χ3n) is 8.98. The third kappa shape index (κ3) is 6.01. The number of carboxylic acids is 1. The minimum atomic E-state index is -3.08. The number of nitrogens with zero attached hydrogens (tertiary/aromatic N) is 4. The van der Waals surface area contributed by atoms with Crippen LogP contribution >= 0.6 is 11.3 Å². The van der Waals surface area contributed by atoms with Gasteiger partial charge in [-0.3, -0.25) is 19.6 Å². The highest BCUT2D eigenvalue weighted by Gasteiger charge is 2.61. The smallest absolute Gasteiger partial charge is 0.338 e. The van der Waals surface area contributed by atoms with Crippen molar-refractivity contribution in [1.82, 2.24) is 20.1 Å². The van der Waals surface area contributed by atoms with Gasteiger partial charge in [0.2, 0.25) is 0 Å². The standard InChI is InChI=1S/C31H38F3N5O4S/c1-6-43-28(40)23-21(36-26(27-35-11-13-44-27)37-24(23)19-8-7-9-20(32)18(19)3)15-38-16-31(33,34)25-22(38)14-17(2)39(25)12-10-30(4,5)29(41)42/h7-9,11,13,17,22,24-25H,6,10,12,14-16H2,1-5H3,(H,36,37)(H,41,42)/t17?,22?,24-,25?/m0/s1. The van der Waals surface area contributed by atoms with Crippen molar-refractivity contribution in [2.75, 3.05) is 26.2 Å². The zero-order valence-corrected chi connectivity index (χ0v) is 26.3. The zero-order chi connectivity index (χ0) is 32.0. The SMILES string of the molecule is CCOC(=O)C1=C(CN2CC(F)(F)C3C2CC(C)N3CCC(C)(C)C(=O)O)NC(c2nccs2)=N[C@H]1c1cccc(F)c1C. The molecule has 2 N–H and O–H groups in total. The van der Waals surface area contributed by atoms with E-state index in [0.29, 0.717) is 34.1 Å². The van der Waals surface area contributed by atoms with Crippen LogP contribution in [0.2, 0.25) is 0 Å². The van der Waals surface area contributed by atoms with Gasteiger partial charge >= 0.3 is 11.9 Å². The Morgan fingerprint density at radius 2 is 2.05 bits per heavy atom. The third-order valence-corrected chi connectivity index (χ3v) is 9.76. The van der Waals surface area contributed by atoms with Crippen LogP contribution < -0.4 is 5.32 Å². The molecule has 5 rings (SSSR count). The van der Waals surface area contributed by atoms with Crippen molar-refractivity contribution in [3.8, 4) is 0 Å². The van der Waals surface area contributed by atoms with Gasteiger partial charge in [-0.15, -0.1) is 11.3 Å². The predicted molar refractivity (Wildman–Crippen MR) is 160 cm³/mol. The first-order valence-corrected chi connectivity index (χ1v) is 15.6. The molecule has 0 saturated carbocycles. The van der Waals surface area contributed by atoms with E-state index in [9.17, 15) is 19.1 Å². The first kappa shape index (κ1) is 32.1. The Labute approximate surface area is 258 Å². The average Bonchev–Trinajstić information content (AvgIpc) is 3.66. The number of esters is 1. The molecule has 2 saturated heterocycles. The molecule has 13 heteroatoms. The van der Waals surface area contributed by atoms with Gasteiger partial charge in [0, 0.05) is 42.4 Å². The molecule has 44 heavy (non-hydrogen) atoms. The number of rotatable bonds is 10. The maximum atomic E-state index is 15.8. The van der Waals surface area contributed by atoms with Gasteiger partial charge in [0.05, 0.1) is 30.2 Å². The number of fused-ring (bicyclic) bond motifs is 1. The van der Waals surface area contributed by atoms with Crippen LogP contribution in [0.4, 0.5) is 13.2 Å². The molecule has 0 bridgehead atoms. The Morgan fingerprint density at radius 1 is 1.30 bits per heavy atom. The number of thiazole rings is 1. The maximum Gasteiger partial charge on any atom is 0.338 e. The lowest BCUT2D eigenvalue weighted by molar-refractivity contribution is -0.147. The number of alkyl halides is 2. The number of carbonyl (C=O) groups is 2. The second-order valence-electron chi connectivity index (χ2n) is 12.3. The van der Waals surface area contributed by atoms with E-state index in [2.05, 4.69) is 10.3 Å². The van der Waals surface area contributed by atoms with E-state index in [4.69, 9.17) is 9.73 Å². The zero-order valence-electron chi connectivity index (χ0n) is 25.4. The van der Waals surface area contributed by atoms with E-state index in [0.717, 1.165) is 0 Å².